The highest BCUT2D eigenvalue weighted by atomic mass is 16.5. The Bertz CT molecular complexity index is 1110. The number of fused-ring (bicyclic) bond motifs is 1. The summed E-state index contributed by atoms with van der Waals surface area (Å²) in [5.41, 5.74) is 2.66. The number of amides is 1. The molecule has 0 bridgehead atoms. The lowest BCUT2D eigenvalue weighted by atomic mass is 10.1. The van der Waals surface area contributed by atoms with Gasteiger partial charge in [-0.3, -0.25) is 4.79 Å². The first-order chi connectivity index (χ1) is 14.3. The lowest BCUT2D eigenvalue weighted by Crippen LogP contribution is -2.22. The molecule has 0 heterocycles. The number of carbonyl (C=O) groups is 1. The number of nitrogens with one attached hydrogen (secondary N) is 2. The minimum atomic E-state index is -0.113. The minimum Gasteiger partial charge on any atom is -0.487 e. The largest absolute Gasteiger partial charge is 0.487 e. The second-order valence-corrected chi connectivity index (χ2v) is 6.73. The summed E-state index contributed by atoms with van der Waals surface area (Å²) in [6.07, 6.45) is 0. The van der Waals surface area contributed by atoms with E-state index in [1.807, 2.05) is 91.0 Å². The number of ether oxygens (including phenoxy) is 1. The standard InChI is InChI=1S/C25H22N2O2/c28-25(27-22-15-14-20-10-4-5-11-21(20)16-22)17-26-23-12-6-7-13-24(23)29-18-19-8-2-1-3-9-19/h1-16,26H,17-18H2,(H,27,28). The van der Waals surface area contributed by atoms with Gasteiger partial charge in [0.25, 0.3) is 0 Å². The molecule has 0 aliphatic carbocycles. The van der Waals surface area contributed by atoms with Crippen LogP contribution >= 0.6 is 0 Å². The normalized spacial score (nSPS) is 10.5. The first-order valence-corrected chi connectivity index (χ1v) is 9.56. The van der Waals surface area contributed by atoms with Gasteiger partial charge in [0.05, 0.1) is 12.2 Å². The fourth-order valence-electron chi connectivity index (χ4n) is 3.12. The summed E-state index contributed by atoms with van der Waals surface area (Å²) >= 11 is 0. The fraction of sp³-hybridized carbons (Fsp3) is 0.0800. The molecule has 0 radical (unpaired) electrons. The summed E-state index contributed by atoms with van der Waals surface area (Å²) in [4.78, 5) is 12.4. The Morgan fingerprint density at radius 1 is 0.759 bits per heavy atom. The molecule has 0 aromatic heterocycles. The molecule has 0 saturated carbocycles. The van der Waals surface area contributed by atoms with Gasteiger partial charge >= 0.3 is 0 Å². The molecule has 1 amide bonds. The average molecular weight is 382 g/mol. The van der Waals surface area contributed by atoms with Crippen LogP contribution in [0.3, 0.4) is 0 Å². The first-order valence-electron chi connectivity index (χ1n) is 9.56. The Hall–Kier alpha value is -3.79. The minimum absolute atomic E-state index is 0.113. The predicted molar refractivity (Wildman–Crippen MR) is 118 cm³/mol. The molecule has 0 saturated heterocycles. The van der Waals surface area contributed by atoms with Gasteiger partial charge in [0.1, 0.15) is 12.4 Å². The first kappa shape index (κ1) is 18.6. The van der Waals surface area contributed by atoms with E-state index >= 15 is 0 Å². The Balaban J connectivity index is 1.36. The molecule has 29 heavy (non-hydrogen) atoms. The van der Waals surface area contributed by atoms with Crippen molar-refractivity contribution in [2.45, 2.75) is 6.61 Å². The third-order valence-electron chi connectivity index (χ3n) is 4.60. The van der Waals surface area contributed by atoms with Crippen LogP contribution in [0.5, 0.6) is 5.75 Å². The van der Waals surface area contributed by atoms with E-state index in [0.717, 1.165) is 33.5 Å². The molecule has 4 aromatic carbocycles. The van der Waals surface area contributed by atoms with Crippen molar-refractivity contribution in [3.63, 3.8) is 0 Å². The lowest BCUT2D eigenvalue weighted by Gasteiger charge is -2.13. The van der Waals surface area contributed by atoms with E-state index in [0.29, 0.717) is 6.61 Å². The zero-order chi connectivity index (χ0) is 19.9. The zero-order valence-corrected chi connectivity index (χ0v) is 16.0. The van der Waals surface area contributed by atoms with Crippen LogP contribution in [0.4, 0.5) is 11.4 Å². The maximum atomic E-state index is 12.4. The molecule has 0 spiro atoms. The van der Waals surface area contributed by atoms with Gasteiger partial charge in [-0.05, 0) is 40.6 Å². The molecule has 4 nitrogen and oxygen atoms in total. The van der Waals surface area contributed by atoms with Crippen molar-refractivity contribution in [1.82, 2.24) is 0 Å². The van der Waals surface area contributed by atoms with Gasteiger partial charge in [0.15, 0.2) is 0 Å². The van der Waals surface area contributed by atoms with Gasteiger partial charge in [-0.2, -0.15) is 0 Å². The summed E-state index contributed by atoms with van der Waals surface area (Å²) in [7, 11) is 0. The van der Waals surface area contributed by atoms with E-state index in [4.69, 9.17) is 4.74 Å². The fourth-order valence-corrected chi connectivity index (χ4v) is 3.12. The van der Waals surface area contributed by atoms with Crippen molar-refractivity contribution >= 4 is 28.1 Å². The monoisotopic (exact) mass is 382 g/mol. The van der Waals surface area contributed by atoms with Crippen molar-refractivity contribution in [1.29, 1.82) is 0 Å². The number of hydrogen-bond donors (Lipinski definition) is 2. The molecule has 144 valence electrons. The number of para-hydroxylation sites is 2. The van der Waals surface area contributed by atoms with E-state index in [1.54, 1.807) is 0 Å². The van der Waals surface area contributed by atoms with Crippen molar-refractivity contribution < 1.29 is 9.53 Å². The Morgan fingerprint density at radius 2 is 1.48 bits per heavy atom. The van der Waals surface area contributed by atoms with Crippen LogP contribution in [-0.4, -0.2) is 12.5 Å². The van der Waals surface area contributed by atoms with E-state index in [9.17, 15) is 4.79 Å². The summed E-state index contributed by atoms with van der Waals surface area (Å²) in [6, 6.07) is 31.6. The van der Waals surface area contributed by atoms with Crippen molar-refractivity contribution in [2.24, 2.45) is 0 Å². The molecular formula is C25H22N2O2. The maximum Gasteiger partial charge on any atom is 0.243 e. The highest BCUT2D eigenvalue weighted by molar-refractivity contribution is 5.96. The highest BCUT2D eigenvalue weighted by Gasteiger charge is 2.07. The van der Waals surface area contributed by atoms with Crippen molar-refractivity contribution in [2.75, 3.05) is 17.2 Å². The second-order valence-electron chi connectivity index (χ2n) is 6.73. The van der Waals surface area contributed by atoms with E-state index in [-0.39, 0.29) is 12.5 Å². The summed E-state index contributed by atoms with van der Waals surface area (Å²) in [6.45, 7) is 0.626. The number of benzene rings is 4. The van der Waals surface area contributed by atoms with Crippen LogP contribution in [0, 0.1) is 0 Å². The van der Waals surface area contributed by atoms with Gasteiger partial charge in [-0.1, -0.05) is 72.8 Å². The third kappa shape index (κ3) is 4.93. The van der Waals surface area contributed by atoms with Crippen LogP contribution in [0.15, 0.2) is 97.1 Å². The van der Waals surface area contributed by atoms with Gasteiger partial charge in [0, 0.05) is 5.69 Å². The number of rotatable bonds is 7. The molecule has 0 aliphatic rings. The Kier molecular flexibility index (Phi) is 5.72. The van der Waals surface area contributed by atoms with Crippen LogP contribution < -0.4 is 15.4 Å². The molecule has 4 heteroatoms. The summed E-state index contributed by atoms with van der Waals surface area (Å²) < 4.78 is 5.93. The van der Waals surface area contributed by atoms with Gasteiger partial charge in [-0.15, -0.1) is 0 Å². The van der Waals surface area contributed by atoms with E-state index in [2.05, 4.69) is 16.7 Å². The number of carbonyl (C=O) groups excluding carboxylic acids is 1. The van der Waals surface area contributed by atoms with Crippen LogP contribution in [0.2, 0.25) is 0 Å². The Morgan fingerprint density at radius 3 is 2.34 bits per heavy atom. The molecular weight excluding hydrogens is 360 g/mol. The number of hydrogen-bond acceptors (Lipinski definition) is 3. The van der Waals surface area contributed by atoms with E-state index in [1.165, 1.54) is 0 Å². The predicted octanol–water partition coefficient (Wildman–Crippen LogP) is 5.47. The van der Waals surface area contributed by atoms with E-state index < -0.39 is 0 Å². The number of anilines is 2. The average Bonchev–Trinajstić information content (AvgIpc) is 2.77. The second kappa shape index (κ2) is 8.93. The molecule has 0 aliphatic heterocycles. The van der Waals surface area contributed by atoms with Crippen LogP contribution in [-0.2, 0) is 11.4 Å². The van der Waals surface area contributed by atoms with Gasteiger partial charge in [0.2, 0.25) is 5.91 Å². The van der Waals surface area contributed by atoms with Gasteiger partial charge < -0.3 is 15.4 Å². The molecule has 4 rings (SSSR count). The lowest BCUT2D eigenvalue weighted by molar-refractivity contribution is -0.114. The smallest absolute Gasteiger partial charge is 0.243 e. The van der Waals surface area contributed by atoms with Gasteiger partial charge in [-0.25, -0.2) is 0 Å². The third-order valence-corrected chi connectivity index (χ3v) is 4.60. The van der Waals surface area contributed by atoms with Crippen LogP contribution in [0.25, 0.3) is 10.8 Å². The van der Waals surface area contributed by atoms with Crippen molar-refractivity contribution in [3.05, 3.63) is 103 Å². The topological polar surface area (TPSA) is 50.4 Å². The van der Waals surface area contributed by atoms with Crippen LogP contribution in [0.1, 0.15) is 5.56 Å². The van der Waals surface area contributed by atoms with Crippen molar-refractivity contribution in [3.8, 4) is 5.75 Å². The maximum absolute atomic E-state index is 12.4. The SMILES string of the molecule is O=C(CNc1ccccc1OCc1ccccc1)Nc1ccc2ccccc2c1. The highest BCUT2D eigenvalue weighted by Crippen LogP contribution is 2.25. The molecule has 0 fully saturated rings. The molecule has 2 N–H and O–H groups in total. The molecule has 4 aromatic rings. The summed E-state index contributed by atoms with van der Waals surface area (Å²) in [5.74, 6) is 0.605. The Labute approximate surface area is 170 Å². The molecule has 0 atom stereocenters. The zero-order valence-electron chi connectivity index (χ0n) is 16.0. The molecule has 0 unspecified atom stereocenters. The quantitative estimate of drug-likeness (QED) is 0.446. The summed E-state index contributed by atoms with van der Waals surface area (Å²) in [5, 5.41) is 8.35.